The lowest BCUT2D eigenvalue weighted by molar-refractivity contribution is 0.233. The second-order valence-corrected chi connectivity index (χ2v) is 11.6. The fourth-order valence-corrected chi connectivity index (χ4v) is 6.60. The minimum absolute atomic E-state index is 0.0634. The van der Waals surface area contributed by atoms with Crippen LogP contribution in [0.3, 0.4) is 0 Å². The van der Waals surface area contributed by atoms with Crippen molar-refractivity contribution in [2.45, 2.75) is 37.6 Å². The molecule has 2 aromatic carbocycles. The molecular weight excluding hydrogens is 509 g/mol. The molecule has 3 aromatic rings. The van der Waals surface area contributed by atoms with Crippen LogP contribution >= 0.6 is 11.6 Å². The van der Waals surface area contributed by atoms with Gasteiger partial charge in [0.1, 0.15) is 16.8 Å². The maximum atomic E-state index is 15.2. The summed E-state index contributed by atoms with van der Waals surface area (Å²) in [4.78, 5) is 15.8. The van der Waals surface area contributed by atoms with Gasteiger partial charge in [-0.25, -0.2) is 22.7 Å². The largest absolute Gasteiger partial charge is 0.434 e. The van der Waals surface area contributed by atoms with E-state index in [1.165, 1.54) is 22.5 Å². The molecule has 0 amide bonds. The van der Waals surface area contributed by atoms with Crippen LogP contribution in [0.4, 0.5) is 10.1 Å². The topological polar surface area (TPSA) is 103 Å². The molecule has 2 heterocycles. The van der Waals surface area contributed by atoms with Gasteiger partial charge in [0.15, 0.2) is 0 Å². The summed E-state index contributed by atoms with van der Waals surface area (Å²) >= 11 is 6.22. The van der Waals surface area contributed by atoms with Crippen molar-refractivity contribution in [2.24, 2.45) is 0 Å². The first kappa shape index (κ1) is 26.3. The molecule has 1 aliphatic rings. The van der Waals surface area contributed by atoms with E-state index in [0.29, 0.717) is 34.9 Å². The lowest BCUT2D eigenvalue weighted by Crippen LogP contribution is -2.50. The number of nitrogens with one attached hydrogen (secondary N) is 1. The third kappa shape index (κ3) is 4.80. The number of sulfonamides is 1. The van der Waals surface area contributed by atoms with Crippen molar-refractivity contribution >= 4 is 27.3 Å². The maximum absolute atomic E-state index is 15.2. The van der Waals surface area contributed by atoms with Crippen molar-refractivity contribution in [1.29, 1.82) is 0 Å². The molecule has 0 aliphatic carbocycles. The van der Waals surface area contributed by atoms with Crippen molar-refractivity contribution in [2.75, 3.05) is 38.8 Å². The van der Waals surface area contributed by atoms with Crippen LogP contribution in [-0.4, -0.2) is 61.7 Å². The molecule has 0 saturated carbocycles. The Labute approximate surface area is 214 Å². The summed E-state index contributed by atoms with van der Waals surface area (Å²) in [6.45, 7) is 6.42. The number of rotatable bonds is 7. The van der Waals surface area contributed by atoms with Gasteiger partial charge in [-0.15, -0.1) is 5.10 Å². The van der Waals surface area contributed by atoms with Gasteiger partial charge in [-0.3, -0.25) is 0 Å². The third-order valence-electron chi connectivity index (χ3n) is 6.65. The highest BCUT2D eigenvalue weighted by Gasteiger charge is 2.45. The predicted octanol–water partition coefficient (Wildman–Crippen LogP) is 3.65. The summed E-state index contributed by atoms with van der Waals surface area (Å²) in [7, 11) is -0.276. The number of benzene rings is 2. The number of nitrogens with zero attached hydrogens (tertiary/aromatic N) is 4. The summed E-state index contributed by atoms with van der Waals surface area (Å²) in [6.07, 6.45) is 0. The van der Waals surface area contributed by atoms with Crippen molar-refractivity contribution in [3.8, 4) is 0 Å². The van der Waals surface area contributed by atoms with Gasteiger partial charge in [0.25, 0.3) is 0 Å². The molecule has 0 unspecified atom stereocenters. The zero-order chi connectivity index (χ0) is 26.4. The van der Waals surface area contributed by atoms with E-state index in [1.807, 2.05) is 30.8 Å². The fraction of sp³-hybridized carbons (Fsp3) is 0.417. The van der Waals surface area contributed by atoms with Crippen LogP contribution in [0.5, 0.6) is 0 Å². The van der Waals surface area contributed by atoms with Crippen molar-refractivity contribution < 1.29 is 17.2 Å². The van der Waals surface area contributed by atoms with Crippen molar-refractivity contribution in [3.05, 3.63) is 74.3 Å². The minimum Gasteiger partial charge on any atom is -0.391 e. The van der Waals surface area contributed by atoms with Gasteiger partial charge in [0, 0.05) is 24.0 Å². The summed E-state index contributed by atoms with van der Waals surface area (Å²) in [5, 5.41) is 6.60. The summed E-state index contributed by atoms with van der Waals surface area (Å²) in [5.74, 6) is -2.17. The van der Waals surface area contributed by atoms with E-state index in [0.717, 1.165) is 5.56 Å². The number of fused-ring (bicyclic) bond motifs is 1. The van der Waals surface area contributed by atoms with Gasteiger partial charge in [-0.1, -0.05) is 24.6 Å². The number of hydrogen-bond acceptors (Lipinski definition) is 7. The van der Waals surface area contributed by atoms with E-state index in [4.69, 9.17) is 16.0 Å². The van der Waals surface area contributed by atoms with Crippen LogP contribution in [0.1, 0.15) is 41.5 Å². The molecule has 0 bridgehead atoms. The van der Waals surface area contributed by atoms with E-state index in [1.54, 1.807) is 26.0 Å². The lowest BCUT2D eigenvalue weighted by Gasteiger charge is -2.42. The molecule has 194 valence electrons. The van der Waals surface area contributed by atoms with Crippen molar-refractivity contribution in [3.63, 3.8) is 0 Å². The highest BCUT2D eigenvalue weighted by atomic mass is 35.5. The summed E-state index contributed by atoms with van der Waals surface area (Å²) in [6, 6.07) is 6.53. The SMILES string of the molecule is Cc1ccc(F)c([C@@H](C)[C@@H](c2n[nH]c(=O)o2)N2CN(CCN(C)C)c3cc(Cl)ccc3S2(=O)=O)c1C. The van der Waals surface area contributed by atoms with Crippen LogP contribution in [0, 0.1) is 19.7 Å². The molecule has 0 radical (unpaired) electrons. The van der Waals surface area contributed by atoms with Crippen LogP contribution in [0.2, 0.25) is 5.02 Å². The first-order valence-electron chi connectivity index (χ1n) is 11.4. The average Bonchev–Trinajstić information content (AvgIpc) is 3.23. The quantitative estimate of drug-likeness (QED) is 0.490. The van der Waals surface area contributed by atoms with Gasteiger partial charge in [0.2, 0.25) is 15.9 Å². The number of halogens is 2. The van der Waals surface area contributed by atoms with E-state index in [-0.39, 0.29) is 17.5 Å². The molecule has 2 atom stereocenters. The summed E-state index contributed by atoms with van der Waals surface area (Å²) < 4.78 is 49.7. The smallest absolute Gasteiger partial charge is 0.391 e. The highest BCUT2D eigenvalue weighted by Crippen LogP contribution is 2.44. The number of aryl methyl sites for hydroxylation is 1. The fourth-order valence-electron chi connectivity index (χ4n) is 4.63. The first-order chi connectivity index (χ1) is 16.9. The number of H-pyrrole nitrogens is 1. The second-order valence-electron chi connectivity index (χ2n) is 9.30. The number of aromatic amines is 1. The maximum Gasteiger partial charge on any atom is 0.434 e. The molecule has 1 aromatic heterocycles. The molecule has 0 fully saturated rings. The van der Waals surface area contributed by atoms with E-state index < -0.39 is 33.6 Å². The first-order valence-corrected chi connectivity index (χ1v) is 13.3. The molecule has 9 nitrogen and oxygen atoms in total. The monoisotopic (exact) mass is 537 g/mol. The third-order valence-corrected chi connectivity index (χ3v) is 8.75. The van der Waals surface area contributed by atoms with Crippen LogP contribution in [0.25, 0.3) is 0 Å². The van der Waals surface area contributed by atoms with E-state index >= 15 is 4.39 Å². The zero-order valence-corrected chi connectivity index (χ0v) is 22.3. The zero-order valence-electron chi connectivity index (χ0n) is 20.7. The lowest BCUT2D eigenvalue weighted by atomic mass is 9.87. The normalized spacial score (nSPS) is 17.3. The highest BCUT2D eigenvalue weighted by molar-refractivity contribution is 7.89. The van der Waals surface area contributed by atoms with Crippen molar-refractivity contribution in [1.82, 2.24) is 19.4 Å². The van der Waals surface area contributed by atoms with Gasteiger partial charge in [-0.05, 0) is 68.9 Å². The number of likely N-dealkylation sites (N-methyl/N-ethyl adjacent to an activating group) is 1. The second kappa shape index (κ2) is 9.97. The molecule has 12 heteroatoms. The molecule has 1 aliphatic heterocycles. The Kier molecular flexibility index (Phi) is 7.29. The Balaban J connectivity index is 1.91. The van der Waals surface area contributed by atoms with Gasteiger partial charge in [0.05, 0.1) is 12.4 Å². The summed E-state index contributed by atoms with van der Waals surface area (Å²) in [5.41, 5.74) is 2.36. The van der Waals surface area contributed by atoms with Crippen LogP contribution in [0.15, 0.2) is 44.4 Å². The average molecular weight is 538 g/mol. The van der Waals surface area contributed by atoms with E-state index in [9.17, 15) is 13.2 Å². The van der Waals surface area contributed by atoms with E-state index in [2.05, 4.69) is 10.2 Å². The predicted molar refractivity (Wildman–Crippen MR) is 135 cm³/mol. The molecule has 0 saturated heterocycles. The standard InChI is InChI=1S/C24H29ClFN5O4S/c1-14-6-8-18(26)21(15(14)2)16(3)22(23-27-28-24(32)35-23)31-13-30(11-10-29(4)5)19-12-17(25)7-9-20(19)36(31,33)34/h6-9,12,16,22H,10-11,13H2,1-5H3,(H,28,32)/t16-,22+/m1/s1. The Hall–Kier alpha value is -2.73. The minimum atomic E-state index is -4.12. The number of aromatic nitrogens is 2. The van der Waals surface area contributed by atoms with Crippen LogP contribution in [-0.2, 0) is 10.0 Å². The molecule has 4 rings (SSSR count). The van der Waals surface area contributed by atoms with Crippen LogP contribution < -0.4 is 10.7 Å². The molecule has 1 N–H and O–H groups in total. The van der Waals surface area contributed by atoms with Gasteiger partial charge >= 0.3 is 5.76 Å². The molecular formula is C24H29ClFN5O4S. The molecule has 36 heavy (non-hydrogen) atoms. The Morgan fingerprint density at radius 1 is 1.25 bits per heavy atom. The van der Waals surface area contributed by atoms with Gasteiger partial charge < -0.3 is 14.2 Å². The number of hydrogen-bond donors (Lipinski definition) is 1. The number of anilines is 1. The van der Waals surface area contributed by atoms with Gasteiger partial charge in [-0.2, -0.15) is 4.31 Å². The molecule has 0 spiro atoms. The Morgan fingerprint density at radius 2 is 1.97 bits per heavy atom. The Morgan fingerprint density at radius 3 is 2.61 bits per heavy atom. The Bertz CT molecular complexity index is 1440.